The number of hydrogen-bond donors (Lipinski definition) is 2. The van der Waals surface area contributed by atoms with Gasteiger partial charge in [-0.2, -0.15) is 18.4 Å². The molecular weight excluding hydrogens is 355 g/mol. The van der Waals surface area contributed by atoms with Crippen LogP contribution in [0.25, 0.3) is 0 Å². The van der Waals surface area contributed by atoms with Crippen molar-refractivity contribution in [1.29, 1.82) is 5.26 Å². The molecule has 0 aromatic carbocycles. The van der Waals surface area contributed by atoms with Crippen molar-refractivity contribution in [3.8, 4) is 6.07 Å². The molecule has 0 bridgehead atoms. The third-order valence-corrected chi connectivity index (χ3v) is 3.40. The third kappa shape index (κ3) is 6.00. The third-order valence-electron chi connectivity index (χ3n) is 3.40. The number of hydrogen-bond acceptors (Lipinski definition) is 6. The number of nitrogens with one attached hydrogen (secondary N) is 1. The second kappa shape index (κ2) is 8.62. The van der Waals surface area contributed by atoms with Crippen molar-refractivity contribution in [2.45, 2.75) is 44.9 Å². The molecule has 0 aliphatic heterocycles. The van der Waals surface area contributed by atoms with Crippen LogP contribution in [0.5, 0.6) is 0 Å². The number of pyridine rings is 1. The summed E-state index contributed by atoms with van der Waals surface area (Å²) in [7, 11) is 0. The molecule has 26 heavy (non-hydrogen) atoms. The van der Waals surface area contributed by atoms with E-state index >= 15 is 0 Å². The minimum atomic E-state index is -4.82. The van der Waals surface area contributed by atoms with E-state index in [1.807, 2.05) is 0 Å². The first-order valence-electron chi connectivity index (χ1n) is 7.68. The van der Waals surface area contributed by atoms with E-state index in [1.54, 1.807) is 6.92 Å². The molecule has 1 amide bonds. The Morgan fingerprint density at radius 3 is 2.62 bits per heavy atom. The summed E-state index contributed by atoms with van der Waals surface area (Å²) in [5.41, 5.74) is -4.35. The van der Waals surface area contributed by atoms with Crippen LogP contribution in [-0.4, -0.2) is 34.2 Å². The zero-order valence-electron chi connectivity index (χ0n) is 14.2. The fourth-order valence-corrected chi connectivity index (χ4v) is 2.03. The minimum absolute atomic E-state index is 0.00604. The molecule has 1 aromatic heterocycles. The van der Waals surface area contributed by atoms with Crippen molar-refractivity contribution in [3.05, 3.63) is 23.5 Å². The number of amides is 1. The van der Waals surface area contributed by atoms with Gasteiger partial charge in [0.1, 0.15) is 11.7 Å². The Balaban J connectivity index is 2.80. The molecule has 1 unspecified atom stereocenters. The Morgan fingerprint density at radius 1 is 1.42 bits per heavy atom. The first-order valence-corrected chi connectivity index (χ1v) is 7.68. The van der Waals surface area contributed by atoms with Gasteiger partial charge in [-0.25, -0.2) is 4.98 Å². The van der Waals surface area contributed by atoms with Gasteiger partial charge in [0, 0.05) is 6.42 Å². The smallest absolute Gasteiger partial charge is 0.419 e. The SMILES string of the molecule is CCOC(=O)CCCC(C)(O)C(=O)Nc1cnc(C#N)c(C(F)(F)F)c1. The zero-order chi connectivity index (χ0) is 20.0. The molecule has 0 saturated carbocycles. The van der Waals surface area contributed by atoms with Gasteiger partial charge < -0.3 is 15.2 Å². The van der Waals surface area contributed by atoms with Crippen LogP contribution in [0.15, 0.2) is 12.3 Å². The topological polar surface area (TPSA) is 112 Å². The summed E-state index contributed by atoms with van der Waals surface area (Å²) in [6.45, 7) is 3.03. The van der Waals surface area contributed by atoms with Crippen LogP contribution in [0, 0.1) is 11.3 Å². The lowest BCUT2D eigenvalue weighted by Crippen LogP contribution is -2.40. The lowest BCUT2D eigenvalue weighted by atomic mass is 9.98. The number of aliphatic hydroxyl groups is 1. The van der Waals surface area contributed by atoms with E-state index in [0.29, 0.717) is 6.07 Å². The van der Waals surface area contributed by atoms with Gasteiger partial charge >= 0.3 is 12.1 Å². The molecule has 7 nitrogen and oxygen atoms in total. The molecule has 0 aliphatic carbocycles. The number of nitriles is 1. The van der Waals surface area contributed by atoms with Crippen LogP contribution in [0.3, 0.4) is 0 Å². The zero-order valence-corrected chi connectivity index (χ0v) is 14.2. The van der Waals surface area contributed by atoms with E-state index in [4.69, 9.17) is 10.00 Å². The highest BCUT2D eigenvalue weighted by atomic mass is 19.4. The van der Waals surface area contributed by atoms with Crippen LogP contribution in [0.2, 0.25) is 0 Å². The summed E-state index contributed by atoms with van der Waals surface area (Å²) in [4.78, 5) is 26.7. The molecular formula is C16H18F3N3O4. The Bertz CT molecular complexity index is 712. The maximum absolute atomic E-state index is 12.9. The van der Waals surface area contributed by atoms with Crippen LogP contribution >= 0.6 is 0 Å². The number of alkyl halides is 3. The van der Waals surface area contributed by atoms with E-state index < -0.39 is 34.9 Å². The molecule has 0 aliphatic rings. The molecule has 1 aromatic rings. The van der Waals surface area contributed by atoms with Gasteiger partial charge in [0.05, 0.1) is 24.1 Å². The largest absolute Gasteiger partial charge is 0.466 e. The van der Waals surface area contributed by atoms with Gasteiger partial charge in [0.15, 0.2) is 5.69 Å². The second-order valence-electron chi connectivity index (χ2n) is 5.62. The van der Waals surface area contributed by atoms with Crippen molar-refractivity contribution < 1.29 is 32.6 Å². The number of ether oxygens (including phenoxy) is 1. The molecule has 1 rings (SSSR count). The number of aromatic nitrogens is 1. The first kappa shape index (κ1) is 21.4. The predicted octanol–water partition coefficient (Wildman–Crippen LogP) is 2.39. The highest BCUT2D eigenvalue weighted by molar-refractivity contribution is 5.96. The van der Waals surface area contributed by atoms with Gasteiger partial charge in [-0.05, 0) is 32.8 Å². The van der Waals surface area contributed by atoms with Crippen molar-refractivity contribution in [1.82, 2.24) is 4.98 Å². The monoisotopic (exact) mass is 373 g/mol. The number of carbonyl (C=O) groups excluding carboxylic acids is 2. The van der Waals surface area contributed by atoms with Crippen molar-refractivity contribution in [3.63, 3.8) is 0 Å². The summed E-state index contributed by atoms with van der Waals surface area (Å²) in [6, 6.07) is 1.89. The standard InChI is InChI=1S/C16H18F3N3O4/c1-3-26-13(23)5-4-6-15(2,25)14(24)22-10-7-11(16(17,18)19)12(8-20)21-9-10/h7,9,25H,3-6H2,1-2H3,(H,22,24). The fraction of sp³-hybridized carbons (Fsp3) is 0.500. The van der Waals surface area contributed by atoms with Crippen LogP contribution in [0.1, 0.15) is 44.4 Å². The van der Waals surface area contributed by atoms with E-state index in [-0.39, 0.29) is 31.6 Å². The quantitative estimate of drug-likeness (QED) is 0.710. The Labute approximate surface area is 147 Å². The van der Waals surface area contributed by atoms with E-state index in [0.717, 1.165) is 6.20 Å². The lowest BCUT2D eigenvalue weighted by molar-refractivity contribution is -0.144. The second-order valence-corrected chi connectivity index (χ2v) is 5.62. The number of esters is 1. The van der Waals surface area contributed by atoms with Crippen LogP contribution < -0.4 is 5.32 Å². The summed E-state index contributed by atoms with van der Waals surface area (Å²) >= 11 is 0. The van der Waals surface area contributed by atoms with Gasteiger partial charge in [-0.1, -0.05) is 0 Å². The maximum atomic E-state index is 12.9. The molecule has 10 heteroatoms. The number of halogens is 3. The number of carbonyl (C=O) groups is 2. The average molecular weight is 373 g/mol. The van der Waals surface area contributed by atoms with E-state index in [1.165, 1.54) is 13.0 Å². The molecule has 1 heterocycles. The molecule has 1 atom stereocenters. The normalized spacial score (nSPS) is 13.4. The summed E-state index contributed by atoms with van der Waals surface area (Å²) in [5, 5.41) is 21.0. The van der Waals surface area contributed by atoms with Gasteiger partial charge in [0.25, 0.3) is 5.91 Å². The summed E-state index contributed by atoms with van der Waals surface area (Å²) in [5.74, 6) is -1.43. The van der Waals surface area contributed by atoms with Crippen LogP contribution in [-0.2, 0) is 20.5 Å². The number of nitrogens with zero attached hydrogens (tertiary/aromatic N) is 2. The molecule has 2 N–H and O–H groups in total. The summed E-state index contributed by atoms with van der Waals surface area (Å²) < 4.78 is 43.4. The molecule has 0 spiro atoms. The molecule has 142 valence electrons. The highest BCUT2D eigenvalue weighted by Gasteiger charge is 2.36. The van der Waals surface area contributed by atoms with E-state index in [9.17, 15) is 27.9 Å². The minimum Gasteiger partial charge on any atom is -0.466 e. The number of anilines is 1. The fourth-order valence-electron chi connectivity index (χ4n) is 2.03. The number of rotatable bonds is 7. The summed E-state index contributed by atoms with van der Waals surface area (Å²) in [6.07, 6.45) is -3.89. The Hall–Kier alpha value is -2.67. The highest BCUT2D eigenvalue weighted by Crippen LogP contribution is 2.32. The van der Waals surface area contributed by atoms with E-state index in [2.05, 4.69) is 10.3 Å². The lowest BCUT2D eigenvalue weighted by Gasteiger charge is -2.22. The first-order chi connectivity index (χ1) is 12.0. The van der Waals surface area contributed by atoms with Crippen molar-refractivity contribution >= 4 is 17.6 Å². The Kier molecular flexibility index (Phi) is 7.09. The van der Waals surface area contributed by atoms with Gasteiger partial charge in [-0.15, -0.1) is 0 Å². The molecule has 0 radical (unpaired) electrons. The predicted molar refractivity (Wildman–Crippen MR) is 83.7 cm³/mol. The average Bonchev–Trinajstić information content (AvgIpc) is 2.54. The van der Waals surface area contributed by atoms with Crippen molar-refractivity contribution in [2.24, 2.45) is 0 Å². The van der Waals surface area contributed by atoms with Crippen LogP contribution in [0.4, 0.5) is 18.9 Å². The molecule has 0 saturated heterocycles. The maximum Gasteiger partial charge on any atom is 0.419 e. The van der Waals surface area contributed by atoms with Gasteiger partial charge in [-0.3, -0.25) is 9.59 Å². The van der Waals surface area contributed by atoms with Gasteiger partial charge in [0.2, 0.25) is 0 Å². The Morgan fingerprint density at radius 2 is 2.08 bits per heavy atom. The molecule has 0 fully saturated rings. The van der Waals surface area contributed by atoms with Crippen molar-refractivity contribution in [2.75, 3.05) is 11.9 Å².